The topological polar surface area (TPSA) is 86.7 Å². The largest absolute Gasteiger partial charge is 0.317 e. The first-order valence-electron chi connectivity index (χ1n) is 10.9. The summed E-state index contributed by atoms with van der Waals surface area (Å²) in [6.07, 6.45) is 6.26. The van der Waals surface area contributed by atoms with Crippen LogP contribution in [0.15, 0.2) is 46.9 Å². The van der Waals surface area contributed by atoms with Gasteiger partial charge in [-0.05, 0) is 42.5 Å². The third-order valence-corrected chi connectivity index (χ3v) is 9.75. The summed E-state index contributed by atoms with van der Waals surface area (Å²) < 4.78 is 29.0. The summed E-state index contributed by atoms with van der Waals surface area (Å²) in [5, 5.41) is 1.38. The Morgan fingerprint density at radius 2 is 1.76 bits per heavy atom. The van der Waals surface area contributed by atoms with E-state index in [1.807, 2.05) is 0 Å². The molecule has 1 unspecified atom stereocenters. The first-order chi connectivity index (χ1) is 15.9. The molecule has 3 aromatic rings. The summed E-state index contributed by atoms with van der Waals surface area (Å²) in [7, 11) is -3.79. The van der Waals surface area contributed by atoms with Crippen LogP contribution < -0.4 is 0 Å². The molecule has 1 amide bonds. The molecule has 0 radical (unpaired) electrons. The van der Waals surface area contributed by atoms with Crippen LogP contribution in [0.1, 0.15) is 31.3 Å². The fourth-order valence-electron chi connectivity index (χ4n) is 4.47. The second-order valence-electron chi connectivity index (χ2n) is 8.25. The molecule has 8 nitrogen and oxygen atoms in total. The van der Waals surface area contributed by atoms with Gasteiger partial charge < -0.3 is 4.90 Å². The number of benzene rings is 1. The number of halogens is 1. The van der Waals surface area contributed by atoms with Gasteiger partial charge in [-0.1, -0.05) is 24.1 Å². The molecule has 0 aliphatic carbocycles. The SMILES string of the molecule is O=C1CN(S(=O)(=O)c2cc3ccc(Cl)cc3s2)CCN1C(c1ncccn1)N1CCCCC1. The highest BCUT2D eigenvalue weighted by molar-refractivity contribution is 7.91. The Balaban J connectivity index is 1.39. The van der Waals surface area contributed by atoms with E-state index in [-0.39, 0.29) is 35.9 Å². The predicted molar refractivity (Wildman–Crippen MR) is 128 cm³/mol. The molecule has 1 atom stereocenters. The van der Waals surface area contributed by atoms with Gasteiger partial charge in [0.25, 0.3) is 10.0 Å². The summed E-state index contributed by atoms with van der Waals surface area (Å²) in [4.78, 5) is 26.1. The van der Waals surface area contributed by atoms with Crippen molar-refractivity contribution in [1.82, 2.24) is 24.1 Å². The van der Waals surface area contributed by atoms with Gasteiger partial charge >= 0.3 is 0 Å². The molecule has 2 aliphatic heterocycles. The predicted octanol–water partition coefficient (Wildman–Crippen LogP) is 3.36. The molecule has 5 rings (SSSR count). The smallest absolute Gasteiger partial charge is 0.253 e. The van der Waals surface area contributed by atoms with Crippen LogP contribution in [0.5, 0.6) is 0 Å². The van der Waals surface area contributed by atoms with Crippen molar-refractivity contribution in [1.29, 1.82) is 0 Å². The maximum Gasteiger partial charge on any atom is 0.253 e. The van der Waals surface area contributed by atoms with E-state index in [4.69, 9.17) is 11.6 Å². The van der Waals surface area contributed by atoms with Gasteiger partial charge in [-0.15, -0.1) is 11.3 Å². The minimum Gasteiger partial charge on any atom is -0.317 e. The fraction of sp³-hybridized carbons (Fsp3) is 0.409. The van der Waals surface area contributed by atoms with Crippen molar-refractivity contribution in [3.05, 3.63) is 53.6 Å². The molecule has 4 heterocycles. The third-order valence-electron chi connectivity index (χ3n) is 6.12. The number of nitrogens with zero attached hydrogens (tertiary/aromatic N) is 5. The Bertz CT molecular complexity index is 1260. The van der Waals surface area contributed by atoms with Crippen molar-refractivity contribution in [2.45, 2.75) is 29.6 Å². The Hall–Kier alpha value is -2.11. The van der Waals surface area contributed by atoms with Crippen LogP contribution in [-0.4, -0.2) is 71.1 Å². The number of rotatable bonds is 5. The summed E-state index contributed by atoms with van der Waals surface area (Å²) in [5.41, 5.74) is 0. The maximum absolute atomic E-state index is 13.3. The summed E-state index contributed by atoms with van der Waals surface area (Å²) in [6, 6.07) is 8.70. The van der Waals surface area contributed by atoms with Crippen LogP contribution in [0.2, 0.25) is 5.02 Å². The standard InChI is InChI=1S/C22H24ClN5O3S2/c23-17-6-5-16-13-20(32-18(16)14-17)33(30,31)27-11-12-28(19(29)15-27)22(21-24-7-4-8-25-21)26-9-2-1-3-10-26/h4-8,13-14,22H,1-3,9-12,15H2. The van der Waals surface area contributed by atoms with E-state index in [0.717, 1.165) is 36.0 Å². The number of likely N-dealkylation sites (tertiary alicyclic amines) is 1. The number of fused-ring (bicyclic) bond motifs is 1. The van der Waals surface area contributed by atoms with Gasteiger partial charge in [-0.25, -0.2) is 18.4 Å². The van der Waals surface area contributed by atoms with Crippen molar-refractivity contribution in [2.24, 2.45) is 0 Å². The van der Waals surface area contributed by atoms with Crippen molar-refractivity contribution in [3.8, 4) is 0 Å². The van der Waals surface area contributed by atoms with E-state index in [9.17, 15) is 13.2 Å². The van der Waals surface area contributed by atoms with Gasteiger partial charge in [0.15, 0.2) is 5.82 Å². The summed E-state index contributed by atoms with van der Waals surface area (Å²) in [5.74, 6) is 0.336. The lowest BCUT2D eigenvalue weighted by Crippen LogP contribution is -2.56. The Morgan fingerprint density at radius 3 is 2.48 bits per heavy atom. The minimum atomic E-state index is -3.79. The lowest BCUT2D eigenvalue weighted by atomic mass is 10.1. The summed E-state index contributed by atoms with van der Waals surface area (Å²) >= 11 is 7.23. The van der Waals surface area contributed by atoms with Crippen LogP contribution in [-0.2, 0) is 14.8 Å². The molecular formula is C22H24ClN5O3S2. The number of thiophene rings is 1. The molecule has 0 spiro atoms. The van der Waals surface area contributed by atoms with Crippen molar-refractivity contribution in [3.63, 3.8) is 0 Å². The Kier molecular flexibility index (Phi) is 6.37. The third kappa shape index (κ3) is 4.50. The number of amides is 1. The molecule has 0 N–H and O–H groups in total. The maximum atomic E-state index is 13.3. The van der Waals surface area contributed by atoms with E-state index in [1.165, 1.54) is 22.1 Å². The zero-order chi connectivity index (χ0) is 23.0. The average Bonchev–Trinajstić information content (AvgIpc) is 3.26. The van der Waals surface area contributed by atoms with Crippen molar-refractivity contribution >= 4 is 49.0 Å². The van der Waals surface area contributed by atoms with Crippen LogP contribution >= 0.6 is 22.9 Å². The van der Waals surface area contributed by atoms with Gasteiger partial charge in [0, 0.05) is 48.3 Å². The molecule has 174 valence electrons. The molecule has 2 aliphatic rings. The van der Waals surface area contributed by atoms with Gasteiger partial charge in [-0.2, -0.15) is 4.31 Å². The zero-order valence-electron chi connectivity index (χ0n) is 17.9. The average molecular weight is 506 g/mol. The number of hydrogen-bond acceptors (Lipinski definition) is 7. The molecule has 1 aromatic carbocycles. The van der Waals surface area contributed by atoms with Crippen LogP contribution in [0.25, 0.3) is 10.1 Å². The number of piperazine rings is 1. The highest BCUT2D eigenvalue weighted by Crippen LogP contribution is 2.34. The van der Waals surface area contributed by atoms with Crippen molar-refractivity contribution in [2.75, 3.05) is 32.7 Å². The Labute approximate surface area is 201 Å². The Morgan fingerprint density at radius 1 is 1.00 bits per heavy atom. The lowest BCUT2D eigenvalue weighted by molar-refractivity contribution is -0.142. The fourth-order valence-corrected chi connectivity index (χ4v) is 7.68. The molecule has 0 bridgehead atoms. The van der Waals surface area contributed by atoms with Crippen LogP contribution in [0, 0.1) is 0 Å². The molecule has 2 fully saturated rings. The molecule has 2 saturated heterocycles. The number of sulfonamides is 1. The lowest BCUT2D eigenvalue weighted by Gasteiger charge is -2.43. The number of carbonyl (C=O) groups is 1. The molecule has 0 saturated carbocycles. The van der Waals surface area contributed by atoms with Gasteiger partial charge in [0.2, 0.25) is 5.91 Å². The number of carbonyl (C=O) groups excluding carboxylic acids is 1. The van der Waals surface area contributed by atoms with E-state index >= 15 is 0 Å². The molecule has 2 aromatic heterocycles. The van der Waals surface area contributed by atoms with E-state index < -0.39 is 10.0 Å². The molecular weight excluding hydrogens is 482 g/mol. The van der Waals surface area contributed by atoms with Crippen LogP contribution in [0.4, 0.5) is 0 Å². The van der Waals surface area contributed by atoms with Crippen LogP contribution in [0.3, 0.4) is 0 Å². The number of piperidine rings is 1. The van der Waals surface area contributed by atoms with E-state index in [0.29, 0.717) is 10.8 Å². The normalized spacial score (nSPS) is 19.8. The second-order valence-corrected chi connectivity index (χ2v) is 11.9. The number of hydrogen-bond donors (Lipinski definition) is 0. The first-order valence-corrected chi connectivity index (χ1v) is 13.6. The van der Waals surface area contributed by atoms with E-state index in [2.05, 4.69) is 14.9 Å². The van der Waals surface area contributed by atoms with Gasteiger partial charge in [-0.3, -0.25) is 9.69 Å². The second kappa shape index (κ2) is 9.27. The highest BCUT2D eigenvalue weighted by atomic mass is 35.5. The van der Waals surface area contributed by atoms with Gasteiger partial charge in [0.05, 0.1) is 6.54 Å². The van der Waals surface area contributed by atoms with E-state index in [1.54, 1.807) is 47.6 Å². The molecule has 33 heavy (non-hydrogen) atoms. The van der Waals surface area contributed by atoms with Crippen molar-refractivity contribution < 1.29 is 13.2 Å². The quantitative estimate of drug-likeness (QED) is 0.528. The monoisotopic (exact) mass is 505 g/mol. The summed E-state index contributed by atoms with van der Waals surface area (Å²) in [6.45, 7) is 2.03. The minimum absolute atomic E-state index is 0.200. The molecule has 11 heteroatoms. The zero-order valence-corrected chi connectivity index (χ0v) is 20.3. The highest BCUT2D eigenvalue weighted by Gasteiger charge is 2.40. The number of aromatic nitrogens is 2. The first kappa shape index (κ1) is 22.7. The van der Waals surface area contributed by atoms with Gasteiger partial charge in [0.1, 0.15) is 10.4 Å².